The van der Waals surface area contributed by atoms with Gasteiger partial charge in [0, 0.05) is 30.7 Å². The topological polar surface area (TPSA) is 92.9 Å². The summed E-state index contributed by atoms with van der Waals surface area (Å²) >= 11 is 0. The number of aromatic hydroxyl groups is 1. The van der Waals surface area contributed by atoms with Gasteiger partial charge < -0.3 is 10.4 Å². The molecule has 4 aromatic rings. The quantitative estimate of drug-likeness (QED) is 0.563. The third-order valence-corrected chi connectivity index (χ3v) is 4.13. The average Bonchev–Trinajstić information content (AvgIpc) is 3.25. The van der Waals surface area contributed by atoms with Crippen molar-refractivity contribution in [2.75, 3.05) is 5.32 Å². The first-order valence-corrected chi connectivity index (χ1v) is 8.61. The number of carbonyl (C=O) groups excluding carboxylic acids is 1. The first-order chi connectivity index (χ1) is 13.7. The third-order valence-electron chi connectivity index (χ3n) is 4.13. The number of hydrogen-bond acceptors (Lipinski definition) is 5. The molecule has 2 aromatic heterocycles. The number of aromatic nitrogens is 4. The van der Waals surface area contributed by atoms with E-state index >= 15 is 0 Å². The fourth-order valence-corrected chi connectivity index (χ4v) is 2.75. The van der Waals surface area contributed by atoms with Gasteiger partial charge in [-0.05, 0) is 29.3 Å². The van der Waals surface area contributed by atoms with Crippen LogP contribution in [-0.2, 0) is 6.42 Å². The van der Waals surface area contributed by atoms with Crippen LogP contribution in [0.25, 0.3) is 5.95 Å². The van der Waals surface area contributed by atoms with E-state index in [0.29, 0.717) is 12.1 Å². The predicted molar refractivity (Wildman–Crippen MR) is 103 cm³/mol. The SMILES string of the molecule is O=C(Nc1ccccc1Cc1[c]cccc1)c1cnc(-n2cccn2)nc1O. The molecule has 7 nitrogen and oxygen atoms in total. The van der Waals surface area contributed by atoms with Crippen molar-refractivity contribution < 1.29 is 9.90 Å². The molecule has 2 N–H and O–H groups in total. The van der Waals surface area contributed by atoms with Crippen LogP contribution in [-0.4, -0.2) is 30.8 Å². The van der Waals surface area contributed by atoms with E-state index in [1.54, 1.807) is 18.5 Å². The number of carbonyl (C=O) groups is 1. The number of hydrogen-bond donors (Lipinski definition) is 2. The number of anilines is 1. The lowest BCUT2D eigenvalue weighted by Crippen LogP contribution is -2.15. The summed E-state index contributed by atoms with van der Waals surface area (Å²) in [6.07, 6.45) is 5.12. The summed E-state index contributed by atoms with van der Waals surface area (Å²) in [7, 11) is 0. The summed E-state index contributed by atoms with van der Waals surface area (Å²) in [4.78, 5) is 20.7. The smallest absolute Gasteiger partial charge is 0.262 e. The molecule has 0 saturated carbocycles. The van der Waals surface area contributed by atoms with Crippen LogP contribution in [0.4, 0.5) is 5.69 Å². The number of rotatable bonds is 5. The molecule has 137 valence electrons. The van der Waals surface area contributed by atoms with Crippen LogP contribution in [0.15, 0.2) is 73.2 Å². The standard InChI is InChI=1S/C21H16N5O2/c27-19(17-14-22-21(25-20(17)28)26-12-6-11-23-26)24-18-10-5-4-9-16(18)13-15-7-2-1-3-8-15/h1-7,9-12,14H,13H2,(H,24,27)(H,22,25,28). The fourth-order valence-electron chi connectivity index (χ4n) is 2.75. The zero-order valence-electron chi connectivity index (χ0n) is 14.8. The van der Waals surface area contributed by atoms with E-state index in [9.17, 15) is 9.90 Å². The Labute approximate surface area is 161 Å². The molecule has 0 unspecified atom stereocenters. The zero-order chi connectivity index (χ0) is 19.3. The van der Waals surface area contributed by atoms with Gasteiger partial charge in [0.05, 0.1) is 0 Å². The van der Waals surface area contributed by atoms with Gasteiger partial charge in [-0.3, -0.25) is 4.79 Å². The molecule has 1 amide bonds. The molecular formula is C21H16N5O2. The number of para-hydroxylation sites is 1. The van der Waals surface area contributed by atoms with Crippen LogP contribution in [0.2, 0.25) is 0 Å². The summed E-state index contributed by atoms with van der Waals surface area (Å²) in [5.74, 6) is -0.722. The third kappa shape index (κ3) is 3.73. The lowest BCUT2D eigenvalue weighted by molar-refractivity contribution is 0.102. The highest BCUT2D eigenvalue weighted by molar-refractivity contribution is 6.06. The van der Waals surface area contributed by atoms with Crippen LogP contribution >= 0.6 is 0 Å². The van der Waals surface area contributed by atoms with Crippen molar-refractivity contribution in [3.63, 3.8) is 0 Å². The molecule has 7 heteroatoms. The van der Waals surface area contributed by atoms with Gasteiger partial charge in [0.1, 0.15) is 5.56 Å². The second-order valence-electron chi connectivity index (χ2n) is 6.03. The van der Waals surface area contributed by atoms with Crippen molar-refractivity contribution >= 4 is 11.6 Å². The molecule has 0 saturated heterocycles. The van der Waals surface area contributed by atoms with Gasteiger partial charge in [-0.2, -0.15) is 10.1 Å². The minimum Gasteiger partial charge on any atom is -0.493 e. The Morgan fingerprint density at radius 1 is 1.14 bits per heavy atom. The second-order valence-corrected chi connectivity index (χ2v) is 6.03. The van der Waals surface area contributed by atoms with E-state index < -0.39 is 11.8 Å². The largest absolute Gasteiger partial charge is 0.493 e. The monoisotopic (exact) mass is 370 g/mol. The number of amides is 1. The average molecular weight is 370 g/mol. The molecule has 2 heterocycles. The van der Waals surface area contributed by atoms with E-state index in [-0.39, 0.29) is 11.5 Å². The molecule has 0 atom stereocenters. The Kier molecular flexibility index (Phi) is 4.79. The molecule has 0 aliphatic carbocycles. The Hall–Kier alpha value is -4.00. The van der Waals surface area contributed by atoms with Crippen molar-refractivity contribution in [3.8, 4) is 11.8 Å². The second kappa shape index (κ2) is 7.71. The van der Waals surface area contributed by atoms with Gasteiger partial charge in [0.25, 0.3) is 11.9 Å². The molecule has 0 fully saturated rings. The van der Waals surface area contributed by atoms with Crippen LogP contribution in [0, 0.1) is 6.07 Å². The van der Waals surface area contributed by atoms with Crippen LogP contribution in [0.3, 0.4) is 0 Å². The lowest BCUT2D eigenvalue weighted by atomic mass is 10.0. The molecular weight excluding hydrogens is 354 g/mol. The Balaban J connectivity index is 1.56. The van der Waals surface area contributed by atoms with E-state index in [0.717, 1.165) is 11.1 Å². The van der Waals surface area contributed by atoms with Crippen molar-refractivity contribution in [1.29, 1.82) is 0 Å². The van der Waals surface area contributed by atoms with Gasteiger partial charge in [0.2, 0.25) is 5.88 Å². The van der Waals surface area contributed by atoms with Gasteiger partial charge in [-0.15, -0.1) is 0 Å². The highest BCUT2D eigenvalue weighted by atomic mass is 16.3. The predicted octanol–water partition coefficient (Wildman–Crippen LogP) is 3.01. The van der Waals surface area contributed by atoms with Crippen molar-refractivity contribution in [2.24, 2.45) is 0 Å². The van der Waals surface area contributed by atoms with Crippen LogP contribution < -0.4 is 5.32 Å². The van der Waals surface area contributed by atoms with Gasteiger partial charge in [-0.25, -0.2) is 9.67 Å². The summed E-state index contributed by atoms with van der Waals surface area (Å²) < 4.78 is 1.40. The number of nitrogens with one attached hydrogen (secondary N) is 1. The summed E-state index contributed by atoms with van der Waals surface area (Å²) in [6, 6.07) is 20.1. The van der Waals surface area contributed by atoms with Crippen molar-refractivity contribution in [3.05, 3.63) is 95.9 Å². The molecule has 2 aromatic carbocycles. The molecule has 1 radical (unpaired) electrons. The molecule has 0 bridgehead atoms. The van der Waals surface area contributed by atoms with E-state index in [2.05, 4.69) is 26.4 Å². The highest BCUT2D eigenvalue weighted by Crippen LogP contribution is 2.21. The molecule has 0 aliphatic rings. The normalized spacial score (nSPS) is 10.6. The Bertz CT molecular complexity index is 1100. The van der Waals surface area contributed by atoms with Gasteiger partial charge >= 0.3 is 0 Å². The number of benzene rings is 2. The minimum absolute atomic E-state index is 0.0167. The maximum atomic E-state index is 12.7. The van der Waals surface area contributed by atoms with Gasteiger partial charge in [0.15, 0.2) is 0 Å². The first kappa shape index (κ1) is 17.4. The Morgan fingerprint density at radius 3 is 2.75 bits per heavy atom. The molecule has 0 spiro atoms. The maximum Gasteiger partial charge on any atom is 0.262 e. The van der Waals surface area contributed by atoms with Crippen LogP contribution in [0.1, 0.15) is 21.5 Å². The summed E-state index contributed by atoms with van der Waals surface area (Å²) in [6.45, 7) is 0. The van der Waals surface area contributed by atoms with Gasteiger partial charge in [-0.1, -0.05) is 42.5 Å². The van der Waals surface area contributed by atoms with Crippen molar-refractivity contribution in [1.82, 2.24) is 19.7 Å². The summed E-state index contributed by atoms with van der Waals surface area (Å²) in [5, 5.41) is 17.0. The molecule has 28 heavy (non-hydrogen) atoms. The first-order valence-electron chi connectivity index (χ1n) is 8.61. The van der Waals surface area contributed by atoms with Crippen molar-refractivity contribution in [2.45, 2.75) is 6.42 Å². The number of nitrogens with zero attached hydrogens (tertiary/aromatic N) is 4. The molecule has 0 aliphatic heterocycles. The Morgan fingerprint density at radius 2 is 2.00 bits per heavy atom. The lowest BCUT2D eigenvalue weighted by Gasteiger charge is -2.12. The van der Waals surface area contributed by atoms with Crippen LogP contribution in [0.5, 0.6) is 5.88 Å². The highest BCUT2D eigenvalue weighted by Gasteiger charge is 2.16. The zero-order valence-corrected chi connectivity index (χ0v) is 14.8. The molecule has 4 rings (SSSR count). The van der Waals surface area contributed by atoms with E-state index in [4.69, 9.17) is 0 Å². The van der Waals surface area contributed by atoms with E-state index in [1.807, 2.05) is 48.5 Å². The summed E-state index contributed by atoms with van der Waals surface area (Å²) in [5.41, 5.74) is 2.59. The minimum atomic E-state index is -0.492. The fraction of sp³-hybridized carbons (Fsp3) is 0.0476. The van der Waals surface area contributed by atoms with E-state index in [1.165, 1.54) is 10.9 Å². The maximum absolute atomic E-state index is 12.7.